The first kappa shape index (κ1) is 10.5. The van der Waals surface area contributed by atoms with Crippen LogP contribution in [-0.2, 0) is 13.0 Å². The molecule has 0 unspecified atom stereocenters. The van der Waals surface area contributed by atoms with E-state index in [0.29, 0.717) is 5.92 Å². The molecule has 0 atom stereocenters. The zero-order chi connectivity index (χ0) is 10.8. The Hall–Kier alpha value is -1.02. The van der Waals surface area contributed by atoms with Crippen molar-refractivity contribution in [2.45, 2.75) is 32.7 Å². The molecule has 0 bridgehead atoms. The minimum absolute atomic E-state index is 0.528. The van der Waals surface area contributed by atoms with E-state index in [0.717, 1.165) is 25.3 Å². The molecule has 1 aromatic carbocycles. The summed E-state index contributed by atoms with van der Waals surface area (Å²) in [6, 6.07) is 4.51. The van der Waals surface area contributed by atoms with Gasteiger partial charge in [-0.1, -0.05) is 19.9 Å². The topological polar surface area (TPSA) is 21.3 Å². The van der Waals surface area contributed by atoms with E-state index in [-0.39, 0.29) is 0 Å². The van der Waals surface area contributed by atoms with Crippen LogP contribution in [0.3, 0.4) is 0 Å². The Labute approximate surface area is 91.6 Å². The second-order valence-corrected chi connectivity index (χ2v) is 4.44. The Morgan fingerprint density at radius 3 is 2.73 bits per heavy atom. The van der Waals surface area contributed by atoms with Gasteiger partial charge in [-0.05, 0) is 41.6 Å². The number of methoxy groups -OCH3 is 1. The number of rotatable bonds is 2. The Kier molecular flexibility index (Phi) is 2.96. The molecule has 1 aromatic rings. The number of fused-ring (bicyclic) bond motifs is 1. The predicted molar refractivity (Wildman–Crippen MR) is 62.5 cm³/mol. The first-order valence-corrected chi connectivity index (χ1v) is 5.62. The highest BCUT2D eigenvalue weighted by atomic mass is 16.5. The van der Waals surface area contributed by atoms with Gasteiger partial charge in [0, 0.05) is 6.54 Å². The zero-order valence-electron chi connectivity index (χ0n) is 9.76. The van der Waals surface area contributed by atoms with E-state index in [1.54, 1.807) is 7.11 Å². The molecule has 0 fully saturated rings. The second kappa shape index (κ2) is 4.23. The van der Waals surface area contributed by atoms with Crippen LogP contribution in [0.1, 0.15) is 36.5 Å². The maximum absolute atomic E-state index is 5.44. The van der Waals surface area contributed by atoms with Crippen LogP contribution < -0.4 is 10.1 Å². The SMILES string of the molecule is COc1cc2c(cc1C(C)C)CCNC2. The van der Waals surface area contributed by atoms with E-state index in [9.17, 15) is 0 Å². The minimum atomic E-state index is 0.528. The lowest BCUT2D eigenvalue weighted by molar-refractivity contribution is 0.406. The smallest absolute Gasteiger partial charge is 0.122 e. The van der Waals surface area contributed by atoms with Crippen LogP contribution in [0.4, 0.5) is 0 Å². The fourth-order valence-corrected chi connectivity index (χ4v) is 2.16. The summed E-state index contributed by atoms with van der Waals surface area (Å²) in [7, 11) is 1.75. The summed E-state index contributed by atoms with van der Waals surface area (Å²) in [5.74, 6) is 1.56. The number of nitrogens with one attached hydrogen (secondary N) is 1. The predicted octanol–water partition coefficient (Wildman–Crippen LogP) is 2.46. The molecule has 0 aromatic heterocycles. The van der Waals surface area contributed by atoms with Crippen molar-refractivity contribution in [2.24, 2.45) is 0 Å². The number of ether oxygens (including phenoxy) is 1. The minimum Gasteiger partial charge on any atom is -0.496 e. The van der Waals surface area contributed by atoms with Gasteiger partial charge in [-0.15, -0.1) is 0 Å². The van der Waals surface area contributed by atoms with Crippen LogP contribution >= 0.6 is 0 Å². The molecule has 2 heteroatoms. The summed E-state index contributed by atoms with van der Waals surface area (Å²) >= 11 is 0. The third-order valence-electron chi connectivity index (χ3n) is 3.06. The van der Waals surface area contributed by atoms with Gasteiger partial charge in [-0.3, -0.25) is 0 Å². The van der Waals surface area contributed by atoms with E-state index in [2.05, 4.69) is 31.3 Å². The lowest BCUT2D eigenvalue weighted by Gasteiger charge is -2.21. The summed E-state index contributed by atoms with van der Waals surface area (Å²) in [5, 5.41) is 3.39. The maximum atomic E-state index is 5.44. The normalized spacial score (nSPS) is 15.2. The quantitative estimate of drug-likeness (QED) is 0.800. The van der Waals surface area contributed by atoms with E-state index >= 15 is 0 Å². The largest absolute Gasteiger partial charge is 0.496 e. The van der Waals surface area contributed by atoms with Crippen molar-refractivity contribution in [3.63, 3.8) is 0 Å². The summed E-state index contributed by atoms with van der Waals surface area (Å²) in [4.78, 5) is 0. The summed E-state index contributed by atoms with van der Waals surface area (Å²) in [6.45, 7) is 6.50. The van der Waals surface area contributed by atoms with Crippen LogP contribution in [0.25, 0.3) is 0 Å². The van der Waals surface area contributed by atoms with Gasteiger partial charge < -0.3 is 10.1 Å². The molecule has 0 amide bonds. The van der Waals surface area contributed by atoms with E-state index in [4.69, 9.17) is 4.74 Å². The highest BCUT2D eigenvalue weighted by Gasteiger charge is 2.14. The molecule has 0 aliphatic carbocycles. The van der Waals surface area contributed by atoms with Gasteiger partial charge in [0.2, 0.25) is 0 Å². The van der Waals surface area contributed by atoms with Gasteiger partial charge in [0.25, 0.3) is 0 Å². The van der Waals surface area contributed by atoms with Crippen LogP contribution in [-0.4, -0.2) is 13.7 Å². The molecular formula is C13H19NO. The monoisotopic (exact) mass is 205 g/mol. The highest BCUT2D eigenvalue weighted by molar-refractivity contribution is 5.45. The number of hydrogen-bond donors (Lipinski definition) is 1. The van der Waals surface area contributed by atoms with E-state index < -0.39 is 0 Å². The molecule has 15 heavy (non-hydrogen) atoms. The highest BCUT2D eigenvalue weighted by Crippen LogP contribution is 2.30. The number of benzene rings is 1. The van der Waals surface area contributed by atoms with Crippen molar-refractivity contribution < 1.29 is 4.74 Å². The summed E-state index contributed by atoms with van der Waals surface area (Å²) in [6.07, 6.45) is 1.14. The Balaban J connectivity index is 2.46. The van der Waals surface area contributed by atoms with Crippen molar-refractivity contribution in [1.29, 1.82) is 0 Å². The molecule has 0 saturated carbocycles. The van der Waals surface area contributed by atoms with Gasteiger partial charge in [0.15, 0.2) is 0 Å². The second-order valence-electron chi connectivity index (χ2n) is 4.44. The molecule has 1 heterocycles. The lowest BCUT2D eigenvalue weighted by Crippen LogP contribution is -2.23. The standard InChI is InChI=1S/C13H19NO/c1-9(2)12-6-10-4-5-14-8-11(10)7-13(12)15-3/h6-7,9,14H,4-5,8H2,1-3H3. The third-order valence-corrected chi connectivity index (χ3v) is 3.06. The average Bonchev–Trinajstić information content (AvgIpc) is 2.27. The molecule has 2 nitrogen and oxygen atoms in total. The molecule has 1 aliphatic rings. The molecule has 0 radical (unpaired) electrons. The summed E-state index contributed by atoms with van der Waals surface area (Å²) in [5.41, 5.74) is 4.21. The molecule has 0 spiro atoms. The molecule has 2 rings (SSSR count). The van der Waals surface area contributed by atoms with Crippen LogP contribution in [0, 0.1) is 0 Å². The first-order chi connectivity index (χ1) is 7.22. The van der Waals surface area contributed by atoms with Crippen molar-refractivity contribution in [1.82, 2.24) is 5.32 Å². The van der Waals surface area contributed by atoms with Gasteiger partial charge in [-0.25, -0.2) is 0 Å². The molecule has 1 N–H and O–H groups in total. The van der Waals surface area contributed by atoms with Gasteiger partial charge in [-0.2, -0.15) is 0 Å². The fourth-order valence-electron chi connectivity index (χ4n) is 2.16. The fraction of sp³-hybridized carbons (Fsp3) is 0.538. The Morgan fingerprint density at radius 1 is 1.27 bits per heavy atom. The van der Waals surface area contributed by atoms with Crippen LogP contribution in [0.15, 0.2) is 12.1 Å². The molecular weight excluding hydrogens is 186 g/mol. The van der Waals surface area contributed by atoms with Crippen molar-refractivity contribution in [2.75, 3.05) is 13.7 Å². The first-order valence-electron chi connectivity index (χ1n) is 5.62. The average molecular weight is 205 g/mol. The van der Waals surface area contributed by atoms with Crippen molar-refractivity contribution in [3.05, 3.63) is 28.8 Å². The Morgan fingerprint density at radius 2 is 2.07 bits per heavy atom. The van der Waals surface area contributed by atoms with Gasteiger partial charge in [0.1, 0.15) is 5.75 Å². The van der Waals surface area contributed by atoms with Crippen molar-refractivity contribution >= 4 is 0 Å². The van der Waals surface area contributed by atoms with Crippen molar-refractivity contribution in [3.8, 4) is 5.75 Å². The van der Waals surface area contributed by atoms with Crippen LogP contribution in [0.5, 0.6) is 5.75 Å². The zero-order valence-corrected chi connectivity index (χ0v) is 9.76. The molecule has 1 aliphatic heterocycles. The lowest BCUT2D eigenvalue weighted by atomic mass is 9.93. The van der Waals surface area contributed by atoms with Gasteiger partial charge in [0.05, 0.1) is 7.11 Å². The maximum Gasteiger partial charge on any atom is 0.122 e. The molecule has 82 valence electrons. The van der Waals surface area contributed by atoms with Gasteiger partial charge >= 0.3 is 0 Å². The van der Waals surface area contributed by atoms with Crippen LogP contribution in [0.2, 0.25) is 0 Å². The third kappa shape index (κ3) is 2.00. The number of hydrogen-bond acceptors (Lipinski definition) is 2. The Bertz CT molecular complexity index is 358. The van der Waals surface area contributed by atoms with E-state index in [1.807, 2.05) is 0 Å². The summed E-state index contributed by atoms with van der Waals surface area (Å²) < 4.78 is 5.44. The molecule has 0 saturated heterocycles. The van der Waals surface area contributed by atoms with E-state index in [1.165, 1.54) is 16.7 Å².